The molecule has 4 heteroatoms. The van der Waals surface area contributed by atoms with Crippen LogP contribution in [0.4, 0.5) is 0 Å². The van der Waals surface area contributed by atoms with E-state index in [1.54, 1.807) is 11.3 Å². The molecular weight excluding hydrogens is 196 g/mol. The van der Waals surface area contributed by atoms with Gasteiger partial charge in [0.05, 0.1) is 23.4 Å². The Morgan fingerprint density at radius 3 is 3.29 bits per heavy atom. The summed E-state index contributed by atoms with van der Waals surface area (Å²) in [6, 6.07) is 0. The molecule has 1 aromatic rings. The van der Waals surface area contributed by atoms with Crippen LogP contribution in [0.3, 0.4) is 0 Å². The number of aryl methyl sites for hydroxylation is 1. The van der Waals surface area contributed by atoms with Crippen molar-refractivity contribution in [2.24, 2.45) is 0 Å². The van der Waals surface area contributed by atoms with Crippen LogP contribution < -0.4 is 5.32 Å². The molecule has 0 aromatic carbocycles. The largest absolute Gasteiger partial charge is 0.371 e. The van der Waals surface area contributed by atoms with E-state index in [0.717, 1.165) is 31.6 Å². The summed E-state index contributed by atoms with van der Waals surface area (Å²) in [4.78, 5) is 4.46. The van der Waals surface area contributed by atoms with E-state index in [9.17, 15) is 0 Å². The van der Waals surface area contributed by atoms with Crippen molar-refractivity contribution < 1.29 is 4.74 Å². The van der Waals surface area contributed by atoms with Crippen LogP contribution in [0.25, 0.3) is 0 Å². The quantitative estimate of drug-likeness (QED) is 0.823. The van der Waals surface area contributed by atoms with Gasteiger partial charge >= 0.3 is 0 Å². The Balaban J connectivity index is 1.79. The van der Waals surface area contributed by atoms with Crippen LogP contribution in [-0.2, 0) is 17.8 Å². The van der Waals surface area contributed by atoms with Gasteiger partial charge in [-0.25, -0.2) is 4.98 Å². The van der Waals surface area contributed by atoms with Crippen molar-refractivity contribution in [1.29, 1.82) is 0 Å². The fourth-order valence-corrected chi connectivity index (χ4v) is 2.28. The summed E-state index contributed by atoms with van der Waals surface area (Å²) < 4.78 is 5.73. The van der Waals surface area contributed by atoms with Crippen LogP contribution in [0.15, 0.2) is 5.38 Å². The highest BCUT2D eigenvalue weighted by atomic mass is 32.1. The Labute approximate surface area is 88.5 Å². The van der Waals surface area contributed by atoms with Gasteiger partial charge in [0, 0.05) is 11.9 Å². The molecule has 14 heavy (non-hydrogen) atoms. The maximum atomic E-state index is 5.73. The molecule has 1 fully saturated rings. The monoisotopic (exact) mass is 212 g/mol. The van der Waals surface area contributed by atoms with E-state index in [-0.39, 0.29) is 0 Å². The maximum absolute atomic E-state index is 5.73. The number of aromatic nitrogens is 1. The Kier molecular flexibility index (Phi) is 3.50. The molecular formula is C10H16N2OS. The molecule has 78 valence electrons. The predicted octanol–water partition coefficient (Wildman–Crippen LogP) is 1.58. The molecule has 2 rings (SSSR count). The average molecular weight is 212 g/mol. The molecule has 1 atom stereocenters. The minimum Gasteiger partial charge on any atom is -0.371 e. The molecule has 1 aromatic heterocycles. The van der Waals surface area contributed by atoms with Crippen molar-refractivity contribution in [2.45, 2.75) is 32.5 Å². The number of hydrogen-bond acceptors (Lipinski definition) is 4. The lowest BCUT2D eigenvalue weighted by Gasteiger charge is -2.08. The SMILES string of the molecule is CCc1nc(COC2CCNC2)cs1. The Bertz CT molecular complexity index is 281. The number of nitrogens with one attached hydrogen (secondary N) is 1. The molecule has 2 heterocycles. The fraction of sp³-hybridized carbons (Fsp3) is 0.700. The molecule has 1 saturated heterocycles. The third kappa shape index (κ3) is 2.53. The molecule has 0 aliphatic carbocycles. The third-order valence-electron chi connectivity index (χ3n) is 2.38. The van der Waals surface area contributed by atoms with Crippen LogP contribution >= 0.6 is 11.3 Å². The molecule has 0 bridgehead atoms. The van der Waals surface area contributed by atoms with Crippen LogP contribution in [0, 0.1) is 0 Å². The molecule has 3 nitrogen and oxygen atoms in total. The first-order valence-corrected chi connectivity index (χ1v) is 6.02. The first-order chi connectivity index (χ1) is 6.88. The molecule has 0 radical (unpaired) electrons. The summed E-state index contributed by atoms with van der Waals surface area (Å²) in [5, 5.41) is 6.58. The molecule has 0 saturated carbocycles. The number of hydrogen-bond donors (Lipinski definition) is 1. The Morgan fingerprint density at radius 2 is 2.64 bits per heavy atom. The van der Waals surface area contributed by atoms with E-state index in [2.05, 4.69) is 22.6 Å². The van der Waals surface area contributed by atoms with E-state index in [0.29, 0.717) is 12.7 Å². The van der Waals surface area contributed by atoms with Crippen molar-refractivity contribution in [3.8, 4) is 0 Å². The van der Waals surface area contributed by atoms with E-state index in [4.69, 9.17) is 4.74 Å². The zero-order valence-electron chi connectivity index (χ0n) is 8.45. The van der Waals surface area contributed by atoms with E-state index >= 15 is 0 Å². The lowest BCUT2D eigenvalue weighted by molar-refractivity contribution is 0.0524. The topological polar surface area (TPSA) is 34.1 Å². The van der Waals surface area contributed by atoms with Crippen molar-refractivity contribution in [1.82, 2.24) is 10.3 Å². The number of nitrogens with zero attached hydrogens (tertiary/aromatic N) is 1. The zero-order chi connectivity index (χ0) is 9.80. The van der Waals surface area contributed by atoms with E-state index in [1.807, 2.05) is 0 Å². The third-order valence-corrected chi connectivity index (χ3v) is 3.43. The smallest absolute Gasteiger partial charge is 0.0926 e. The molecule has 0 spiro atoms. The minimum atomic E-state index is 0.391. The summed E-state index contributed by atoms with van der Waals surface area (Å²) in [6.45, 7) is 4.87. The standard InChI is InChI=1S/C10H16N2OS/c1-2-10-12-8(7-14-10)6-13-9-3-4-11-5-9/h7,9,11H,2-6H2,1H3. The number of thiazole rings is 1. The van der Waals surface area contributed by atoms with Gasteiger partial charge < -0.3 is 10.1 Å². The van der Waals surface area contributed by atoms with Gasteiger partial charge in [-0.3, -0.25) is 0 Å². The average Bonchev–Trinajstić information content (AvgIpc) is 2.86. The van der Waals surface area contributed by atoms with Gasteiger partial charge in [-0.2, -0.15) is 0 Å². The van der Waals surface area contributed by atoms with Crippen LogP contribution in [0.1, 0.15) is 24.0 Å². The first kappa shape index (κ1) is 10.1. The summed E-state index contributed by atoms with van der Waals surface area (Å²) in [7, 11) is 0. The predicted molar refractivity (Wildman–Crippen MR) is 57.6 cm³/mol. The second-order valence-corrected chi connectivity index (χ2v) is 4.45. The molecule has 1 aliphatic rings. The normalized spacial score (nSPS) is 21.6. The number of ether oxygens (including phenoxy) is 1. The van der Waals surface area contributed by atoms with Crippen LogP contribution in [0.5, 0.6) is 0 Å². The lowest BCUT2D eigenvalue weighted by atomic mass is 10.3. The lowest BCUT2D eigenvalue weighted by Crippen LogP contribution is -2.16. The molecule has 1 unspecified atom stereocenters. The van der Waals surface area contributed by atoms with Gasteiger partial charge in [-0.15, -0.1) is 11.3 Å². The van der Waals surface area contributed by atoms with E-state index in [1.165, 1.54) is 5.01 Å². The van der Waals surface area contributed by atoms with Crippen molar-refractivity contribution in [3.63, 3.8) is 0 Å². The summed E-state index contributed by atoms with van der Waals surface area (Å²) >= 11 is 1.73. The minimum absolute atomic E-state index is 0.391. The highest BCUT2D eigenvalue weighted by Gasteiger charge is 2.14. The highest BCUT2D eigenvalue weighted by molar-refractivity contribution is 7.09. The first-order valence-electron chi connectivity index (χ1n) is 5.14. The van der Waals surface area contributed by atoms with Gasteiger partial charge in [0.15, 0.2) is 0 Å². The van der Waals surface area contributed by atoms with Gasteiger partial charge in [0.25, 0.3) is 0 Å². The summed E-state index contributed by atoms with van der Waals surface area (Å²) in [5.41, 5.74) is 1.08. The van der Waals surface area contributed by atoms with Crippen molar-refractivity contribution in [2.75, 3.05) is 13.1 Å². The van der Waals surface area contributed by atoms with E-state index < -0.39 is 0 Å². The molecule has 1 N–H and O–H groups in total. The van der Waals surface area contributed by atoms with Crippen LogP contribution in [0.2, 0.25) is 0 Å². The second kappa shape index (κ2) is 4.87. The fourth-order valence-electron chi connectivity index (χ4n) is 1.55. The van der Waals surface area contributed by atoms with Gasteiger partial charge in [0.1, 0.15) is 0 Å². The van der Waals surface area contributed by atoms with Gasteiger partial charge in [0.2, 0.25) is 0 Å². The number of rotatable bonds is 4. The van der Waals surface area contributed by atoms with Gasteiger partial charge in [-0.05, 0) is 19.4 Å². The van der Waals surface area contributed by atoms with Gasteiger partial charge in [-0.1, -0.05) is 6.92 Å². The van der Waals surface area contributed by atoms with Crippen molar-refractivity contribution >= 4 is 11.3 Å². The second-order valence-electron chi connectivity index (χ2n) is 3.51. The maximum Gasteiger partial charge on any atom is 0.0926 e. The molecule has 0 amide bonds. The Hall–Kier alpha value is -0.450. The Morgan fingerprint density at radius 1 is 1.71 bits per heavy atom. The van der Waals surface area contributed by atoms with Crippen molar-refractivity contribution in [3.05, 3.63) is 16.1 Å². The highest BCUT2D eigenvalue weighted by Crippen LogP contribution is 2.13. The van der Waals surface area contributed by atoms with Crippen LogP contribution in [-0.4, -0.2) is 24.2 Å². The molecule has 1 aliphatic heterocycles. The zero-order valence-corrected chi connectivity index (χ0v) is 9.27. The summed E-state index contributed by atoms with van der Waals surface area (Å²) in [5.74, 6) is 0. The summed E-state index contributed by atoms with van der Waals surface area (Å²) in [6.07, 6.45) is 2.54.